The van der Waals surface area contributed by atoms with Gasteiger partial charge in [-0.2, -0.15) is 0 Å². The lowest BCUT2D eigenvalue weighted by Gasteiger charge is -2.18. The molecule has 0 bridgehead atoms. The van der Waals surface area contributed by atoms with Crippen LogP contribution in [0.4, 0.5) is 0 Å². The van der Waals surface area contributed by atoms with E-state index in [1.165, 1.54) is 29.9 Å². The van der Waals surface area contributed by atoms with Crippen molar-refractivity contribution in [1.82, 2.24) is 5.32 Å². The van der Waals surface area contributed by atoms with Crippen molar-refractivity contribution < 1.29 is 0 Å². The minimum atomic E-state index is 0.272. The van der Waals surface area contributed by atoms with Crippen molar-refractivity contribution in [3.8, 4) is 0 Å². The zero-order valence-electron chi connectivity index (χ0n) is 12.2. The smallest absolute Gasteiger partial charge is 0.0696 e. The Morgan fingerprint density at radius 2 is 2.10 bits per heavy atom. The van der Waals surface area contributed by atoms with Crippen LogP contribution in [0.5, 0.6) is 0 Å². The molecule has 2 aromatic heterocycles. The lowest BCUT2D eigenvalue weighted by Crippen LogP contribution is -2.22. The summed E-state index contributed by atoms with van der Waals surface area (Å²) in [6.07, 6.45) is 1.14. The first-order valence-corrected chi connectivity index (χ1v) is 9.65. The number of halogens is 1. The topological polar surface area (TPSA) is 12.0 Å². The second-order valence-electron chi connectivity index (χ2n) is 5.14. The molecule has 1 nitrogen and oxygen atoms in total. The van der Waals surface area contributed by atoms with Gasteiger partial charge in [-0.05, 0) is 64.3 Å². The molecule has 1 atom stereocenters. The van der Waals surface area contributed by atoms with Gasteiger partial charge < -0.3 is 5.32 Å². The average Bonchev–Trinajstić information content (AvgIpc) is 3.04. The molecule has 0 aliphatic rings. The zero-order valence-corrected chi connectivity index (χ0v) is 15.4. The van der Waals surface area contributed by atoms with Gasteiger partial charge in [-0.1, -0.05) is 25.1 Å². The van der Waals surface area contributed by atoms with Crippen molar-refractivity contribution in [3.05, 3.63) is 55.5 Å². The Kier molecular flexibility index (Phi) is 4.79. The predicted octanol–water partition coefficient (Wildman–Crippen LogP) is 6.12. The van der Waals surface area contributed by atoms with Crippen molar-refractivity contribution in [2.75, 3.05) is 6.54 Å². The van der Waals surface area contributed by atoms with Crippen LogP contribution in [0.3, 0.4) is 0 Å². The van der Waals surface area contributed by atoms with Gasteiger partial charge in [0.25, 0.3) is 0 Å². The molecule has 0 radical (unpaired) electrons. The van der Waals surface area contributed by atoms with E-state index in [4.69, 9.17) is 0 Å². The second kappa shape index (κ2) is 6.61. The Hall–Kier alpha value is -0.680. The van der Waals surface area contributed by atoms with Gasteiger partial charge in [-0.3, -0.25) is 0 Å². The maximum atomic E-state index is 3.73. The maximum Gasteiger partial charge on any atom is 0.0696 e. The van der Waals surface area contributed by atoms with Crippen LogP contribution in [0.1, 0.15) is 34.7 Å². The van der Waals surface area contributed by atoms with Gasteiger partial charge in [-0.15, -0.1) is 22.7 Å². The summed E-state index contributed by atoms with van der Waals surface area (Å²) in [5, 5.41) is 7.40. The van der Waals surface area contributed by atoms with Crippen LogP contribution in [0.2, 0.25) is 0 Å². The zero-order chi connectivity index (χ0) is 14.8. The van der Waals surface area contributed by atoms with E-state index in [-0.39, 0.29) is 6.04 Å². The Bertz CT molecular complexity index is 744. The first kappa shape index (κ1) is 15.2. The third-order valence-corrected chi connectivity index (χ3v) is 6.53. The summed E-state index contributed by atoms with van der Waals surface area (Å²) in [5.41, 5.74) is 1.40. The summed E-state index contributed by atoms with van der Waals surface area (Å²) in [6.45, 7) is 5.41. The quantitative estimate of drug-likeness (QED) is 0.562. The van der Waals surface area contributed by atoms with Gasteiger partial charge in [-0.25, -0.2) is 0 Å². The van der Waals surface area contributed by atoms with Gasteiger partial charge in [0, 0.05) is 18.9 Å². The molecule has 3 rings (SSSR count). The minimum absolute atomic E-state index is 0.272. The van der Waals surface area contributed by atoms with Crippen LogP contribution in [0.15, 0.2) is 40.2 Å². The lowest BCUT2D eigenvalue weighted by molar-refractivity contribution is 0.608. The van der Waals surface area contributed by atoms with E-state index in [1.807, 2.05) is 22.7 Å². The van der Waals surface area contributed by atoms with Crippen LogP contribution >= 0.6 is 38.6 Å². The highest BCUT2D eigenvalue weighted by atomic mass is 79.9. The normalized spacial score (nSPS) is 12.9. The maximum absolute atomic E-state index is 3.73. The molecule has 1 N–H and O–H groups in total. The molecule has 4 heteroatoms. The summed E-state index contributed by atoms with van der Waals surface area (Å²) in [6, 6.07) is 11.2. The van der Waals surface area contributed by atoms with E-state index in [9.17, 15) is 0 Å². The molecule has 0 aliphatic heterocycles. The molecular weight excluding hydrogens is 362 g/mol. The van der Waals surface area contributed by atoms with E-state index < -0.39 is 0 Å². The number of hydrogen-bond donors (Lipinski definition) is 1. The Labute approximate surface area is 142 Å². The molecule has 3 aromatic rings. The highest BCUT2D eigenvalue weighted by Gasteiger charge is 2.21. The van der Waals surface area contributed by atoms with E-state index in [0.29, 0.717) is 0 Å². The minimum Gasteiger partial charge on any atom is -0.306 e. The van der Waals surface area contributed by atoms with Crippen molar-refractivity contribution in [2.24, 2.45) is 0 Å². The highest BCUT2D eigenvalue weighted by Crippen LogP contribution is 2.39. The molecular formula is C17H18BrNS2. The van der Waals surface area contributed by atoms with Gasteiger partial charge in [0.15, 0.2) is 0 Å². The molecule has 0 saturated heterocycles. The van der Waals surface area contributed by atoms with E-state index in [0.717, 1.165) is 13.0 Å². The van der Waals surface area contributed by atoms with Gasteiger partial charge >= 0.3 is 0 Å². The van der Waals surface area contributed by atoms with Gasteiger partial charge in [0.05, 0.1) is 6.04 Å². The first-order chi connectivity index (χ1) is 10.2. The number of rotatable bonds is 5. The SMILES string of the molecule is CCCNC(c1sc(C)cc1Br)c1csc2ccccc12. The van der Waals surface area contributed by atoms with Crippen LogP contribution in [0.25, 0.3) is 10.1 Å². The molecule has 1 unspecified atom stereocenters. The van der Waals surface area contributed by atoms with Crippen molar-refractivity contribution in [2.45, 2.75) is 26.3 Å². The average molecular weight is 380 g/mol. The van der Waals surface area contributed by atoms with E-state index in [1.54, 1.807) is 0 Å². The third-order valence-electron chi connectivity index (χ3n) is 3.52. The monoisotopic (exact) mass is 379 g/mol. The number of aryl methyl sites for hydroxylation is 1. The highest BCUT2D eigenvalue weighted by molar-refractivity contribution is 9.10. The molecule has 1 aromatic carbocycles. The van der Waals surface area contributed by atoms with Crippen LogP contribution in [-0.4, -0.2) is 6.54 Å². The van der Waals surface area contributed by atoms with E-state index >= 15 is 0 Å². The standard InChI is InChI=1S/C17H18BrNS2/c1-3-8-19-16(17-14(18)9-11(2)21-17)13-10-20-15-7-5-4-6-12(13)15/h4-7,9-10,16,19H,3,8H2,1-2H3. The molecule has 0 spiro atoms. The summed E-state index contributed by atoms with van der Waals surface area (Å²) in [5.74, 6) is 0. The van der Waals surface area contributed by atoms with Crippen LogP contribution in [0, 0.1) is 6.92 Å². The number of benzene rings is 1. The fourth-order valence-corrected chi connectivity index (χ4v) is 5.51. The number of fused-ring (bicyclic) bond motifs is 1. The number of nitrogens with one attached hydrogen (secondary N) is 1. The molecule has 0 amide bonds. The predicted molar refractivity (Wildman–Crippen MR) is 98.7 cm³/mol. The summed E-state index contributed by atoms with van der Waals surface area (Å²) < 4.78 is 2.58. The molecule has 0 aliphatic carbocycles. The molecule has 0 saturated carbocycles. The largest absolute Gasteiger partial charge is 0.306 e. The molecule has 2 heterocycles. The van der Waals surface area contributed by atoms with Crippen molar-refractivity contribution >= 4 is 48.7 Å². The van der Waals surface area contributed by atoms with E-state index in [2.05, 4.69) is 70.8 Å². The fourth-order valence-electron chi connectivity index (χ4n) is 2.55. The summed E-state index contributed by atoms with van der Waals surface area (Å²) in [7, 11) is 0. The van der Waals surface area contributed by atoms with Gasteiger partial charge in [0.1, 0.15) is 0 Å². The van der Waals surface area contributed by atoms with Crippen LogP contribution < -0.4 is 5.32 Å². The summed E-state index contributed by atoms with van der Waals surface area (Å²) >= 11 is 7.44. The summed E-state index contributed by atoms with van der Waals surface area (Å²) in [4.78, 5) is 2.73. The Balaban J connectivity index is 2.09. The second-order valence-corrected chi connectivity index (χ2v) is 8.20. The first-order valence-electron chi connectivity index (χ1n) is 7.16. The van der Waals surface area contributed by atoms with Crippen molar-refractivity contribution in [3.63, 3.8) is 0 Å². The molecule has 21 heavy (non-hydrogen) atoms. The lowest BCUT2D eigenvalue weighted by atomic mass is 10.0. The van der Waals surface area contributed by atoms with Gasteiger partial charge in [0.2, 0.25) is 0 Å². The van der Waals surface area contributed by atoms with Crippen molar-refractivity contribution in [1.29, 1.82) is 0 Å². The number of hydrogen-bond acceptors (Lipinski definition) is 3. The molecule has 110 valence electrons. The third kappa shape index (κ3) is 3.09. The Morgan fingerprint density at radius 1 is 1.29 bits per heavy atom. The molecule has 0 fully saturated rings. The number of thiophene rings is 2. The van der Waals surface area contributed by atoms with Crippen LogP contribution in [-0.2, 0) is 0 Å². The fraction of sp³-hybridized carbons (Fsp3) is 0.294. The Morgan fingerprint density at radius 3 is 2.81 bits per heavy atom.